The van der Waals surface area contributed by atoms with E-state index in [2.05, 4.69) is 35.1 Å². The first-order valence-electron chi connectivity index (χ1n) is 8.86. The van der Waals surface area contributed by atoms with E-state index >= 15 is 0 Å². The fourth-order valence-corrected chi connectivity index (χ4v) is 3.95. The van der Waals surface area contributed by atoms with Crippen molar-refractivity contribution in [3.63, 3.8) is 0 Å². The predicted octanol–water partition coefficient (Wildman–Crippen LogP) is 4.97. The molecule has 1 N–H and O–H groups in total. The second kappa shape index (κ2) is 7.03. The van der Waals surface area contributed by atoms with Gasteiger partial charge in [-0.15, -0.1) is 0 Å². The molecule has 4 rings (SSSR count). The van der Waals surface area contributed by atoms with Crippen molar-refractivity contribution < 1.29 is 0 Å². The number of halogens is 1. The normalized spacial score (nSPS) is 15.4. The van der Waals surface area contributed by atoms with E-state index in [4.69, 9.17) is 16.7 Å². The molecule has 1 aliphatic rings. The molecule has 0 radical (unpaired) electrons. The van der Waals surface area contributed by atoms with E-state index in [1.165, 1.54) is 11.3 Å². The van der Waals surface area contributed by atoms with Crippen molar-refractivity contribution in [1.29, 1.82) is 0 Å². The molecule has 25 heavy (non-hydrogen) atoms. The molecule has 0 saturated carbocycles. The van der Waals surface area contributed by atoms with Gasteiger partial charge in [0.05, 0.1) is 17.1 Å². The molecule has 0 bridgehead atoms. The van der Waals surface area contributed by atoms with Crippen LogP contribution in [0.2, 0.25) is 5.02 Å². The molecular weight excluding hydrogens is 330 g/mol. The first kappa shape index (κ1) is 16.4. The molecule has 3 aromatic rings. The summed E-state index contributed by atoms with van der Waals surface area (Å²) in [5, 5.41) is 9.26. The van der Waals surface area contributed by atoms with Crippen LogP contribution in [0.5, 0.6) is 0 Å². The van der Waals surface area contributed by atoms with Crippen LogP contribution < -0.4 is 5.32 Å². The monoisotopic (exact) mass is 351 g/mol. The van der Waals surface area contributed by atoms with Gasteiger partial charge in [0.25, 0.3) is 0 Å². The highest BCUT2D eigenvalue weighted by atomic mass is 35.5. The minimum absolute atomic E-state index is 0.507. The van der Waals surface area contributed by atoms with E-state index in [1.807, 2.05) is 36.4 Å². The fourth-order valence-electron chi connectivity index (χ4n) is 3.72. The maximum absolute atomic E-state index is 6.53. The lowest BCUT2D eigenvalue weighted by Gasteiger charge is -2.21. The summed E-state index contributed by atoms with van der Waals surface area (Å²) in [5.74, 6) is 0.507. The third-order valence-electron chi connectivity index (χ3n) is 5.01. The zero-order valence-corrected chi connectivity index (χ0v) is 15.1. The molecule has 0 unspecified atom stereocenters. The van der Waals surface area contributed by atoms with E-state index in [9.17, 15) is 0 Å². The van der Waals surface area contributed by atoms with Gasteiger partial charge in [-0.25, -0.2) is 4.68 Å². The zero-order chi connectivity index (χ0) is 17.2. The van der Waals surface area contributed by atoms with Crippen molar-refractivity contribution in [1.82, 2.24) is 15.1 Å². The van der Waals surface area contributed by atoms with Gasteiger partial charge in [-0.3, -0.25) is 0 Å². The number of para-hydroxylation sites is 1. The van der Waals surface area contributed by atoms with Gasteiger partial charge in [0, 0.05) is 16.5 Å². The topological polar surface area (TPSA) is 29.9 Å². The van der Waals surface area contributed by atoms with Crippen LogP contribution in [0.4, 0.5) is 0 Å². The Labute approximate surface area is 153 Å². The van der Waals surface area contributed by atoms with E-state index in [1.54, 1.807) is 0 Å². The summed E-state index contributed by atoms with van der Waals surface area (Å²) in [6.07, 6.45) is 2.27. The van der Waals surface area contributed by atoms with Crippen molar-refractivity contribution in [2.24, 2.45) is 0 Å². The van der Waals surface area contributed by atoms with Crippen molar-refractivity contribution >= 4 is 11.6 Å². The van der Waals surface area contributed by atoms with Crippen LogP contribution in [-0.4, -0.2) is 22.9 Å². The third-order valence-corrected chi connectivity index (χ3v) is 5.34. The SMILES string of the molecule is Cc1c(C2CCNCC2)nn(-c2ccccc2)c1-c1ccccc1Cl. The van der Waals surface area contributed by atoms with Crippen LogP contribution in [0.15, 0.2) is 54.6 Å². The Morgan fingerprint density at radius 3 is 2.40 bits per heavy atom. The molecule has 3 nitrogen and oxygen atoms in total. The number of benzene rings is 2. The summed E-state index contributed by atoms with van der Waals surface area (Å²) in [7, 11) is 0. The van der Waals surface area contributed by atoms with Crippen LogP contribution in [0, 0.1) is 6.92 Å². The van der Waals surface area contributed by atoms with Crippen LogP contribution in [0.25, 0.3) is 16.9 Å². The number of rotatable bonds is 3. The van der Waals surface area contributed by atoms with Crippen LogP contribution in [0.1, 0.15) is 30.0 Å². The molecule has 4 heteroatoms. The molecule has 0 amide bonds. The van der Waals surface area contributed by atoms with Crippen molar-refractivity contribution in [2.75, 3.05) is 13.1 Å². The number of hydrogen-bond acceptors (Lipinski definition) is 2. The Morgan fingerprint density at radius 1 is 1.00 bits per heavy atom. The largest absolute Gasteiger partial charge is 0.317 e. The van der Waals surface area contributed by atoms with Crippen molar-refractivity contribution in [2.45, 2.75) is 25.7 Å². The molecule has 2 aromatic carbocycles. The number of piperidine rings is 1. The lowest BCUT2D eigenvalue weighted by molar-refractivity contribution is 0.450. The molecule has 1 saturated heterocycles. The smallest absolute Gasteiger partial charge is 0.0788 e. The molecule has 0 atom stereocenters. The highest BCUT2D eigenvalue weighted by Gasteiger charge is 2.25. The van der Waals surface area contributed by atoms with Gasteiger partial charge in [-0.05, 0) is 56.6 Å². The molecule has 1 aliphatic heterocycles. The molecule has 0 spiro atoms. The Morgan fingerprint density at radius 2 is 1.68 bits per heavy atom. The summed E-state index contributed by atoms with van der Waals surface area (Å²) in [4.78, 5) is 0. The number of hydrogen-bond donors (Lipinski definition) is 1. The molecular formula is C21H22ClN3. The Kier molecular flexibility index (Phi) is 4.60. The summed E-state index contributed by atoms with van der Waals surface area (Å²) in [6.45, 7) is 4.30. The van der Waals surface area contributed by atoms with Gasteiger partial charge in [0.2, 0.25) is 0 Å². The number of aromatic nitrogens is 2. The quantitative estimate of drug-likeness (QED) is 0.722. The molecule has 1 fully saturated rings. The van der Waals surface area contributed by atoms with Gasteiger partial charge in [-0.1, -0.05) is 48.0 Å². The summed E-state index contributed by atoms with van der Waals surface area (Å²) >= 11 is 6.53. The highest BCUT2D eigenvalue weighted by molar-refractivity contribution is 6.33. The maximum Gasteiger partial charge on any atom is 0.0788 e. The average molecular weight is 352 g/mol. The highest BCUT2D eigenvalue weighted by Crippen LogP contribution is 2.37. The lowest BCUT2D eigenvalue weighted by Crippen LogP contribution is -2.27. The summed E-state index contributed by atoms with van der Waals surface area (Å²) in [6, 6.07) is 18.4. The lowest BCUT2D eigenvalue weighted by atomic mass is 9.91. The van der Waals surface area contributed by atoms with E-state index < -0.39 is 0 Å². The summed E-state index contributed by atoms with van der Waals surface area (Å²) in [5.41, 5.74) is 5.66. The molecule has 0 aliphatic carbocycles. The second-order valence-electron chi connectivity index (χ2n) is 6.61. The standard InChI is InChI=1S/C21H22ClN3/c1-15-20(16-11-13-23-14-12-16)24-25(17-7-3-2-4-8-17)21(15)18-9-5-6-10-19(18)22/h2-10,16,23H,11-14H2,1H3. The Hall–Kier alpha value is -2.10. The minimum atomic E-state index is 0.507. The van der Waals surface area contributed by atoms with Crippen LogP contribution in [-0.2, 0) is 0 Å². The third kappa shape index (κ3) is 3.10. The van der Waals surface area contributed by atoms with E-state index in [0.29, 0.717) is 5.92 Å². The number of nitrogens with zero attached hydrogens (tertiary/aromatic N) is 2. The van der Waals surface area contributed by atoms with E-state index in [-0.39, 0.29) is 0 Å². The average Bonchev–Trinajstić information content (AvgIpc) is 3.01. The van der Waals surface area contributed by atoms with Crippen molar-refractivity contribution in [3.8, 4) is 16.9 Å². The molecule has 2 heterocycles. The first-order valence-corrected chi connectivity index (χ1v) is 9.24. The van der Waals surface area contributed by atoms with Crippen molar-refractivity contribution in [3.05, 3.63) is 70.9 Å². The molecule has 1 aromatic heterocycles. The second-order valence-corrected chi connectivity index (χ2v) is 7.02. The minimum Gasteiger partial charge on any atom is -0.317 e. The van der Waals surface area contributed by atoms with Crippen LogP contribution >= 0.6 is 11.6 Å². The maximum atomic E-state index is 6.53. The number of nitrogens with one attached hydrogen (secondary N) is 1. The first-order chi connectivity index (χ1) is 12.3. The van der Waals surface area contributed by atoms with Crippen LogP contribution in [0.3, 0.4) is 0 Å². The predicted molar refractivity (Wildman–Crippen MR) is 104 cm³/mol. The molecule has 128 valence electrons. The van der Waals surface area contributed by atoms with Gasteiger partial charge in [0.15, 0.2) is 0 Å². The Balaban J connectivity index is 1.91. The van der Waals surface area contributed by atoms with Gasteiger partial charge in [-0.2, -0.15) is 5.10 Å². The summed E-state index contributed by atoms with van der Waals surface area (Å²) < 4.78 is 2.06. The van der Waals surface area contributed by atoms with Gasteiger partial charge < -0.3 is 5.32 Å². The zero-order valence-electron chi connectivity index (χ0n) is 14.4. The Bertz CT molecular complexity index is 864. The van der Waals surface area contributed by atoms with E-state index in [0.717, 1.165) is 47.9 Å². The fraction of sp³-hybridized carbons (Fsp3) is 0.286. The van der Waals surface area contributed by atoms with Gasteiger partial charge in [0.1, 0.15) is 0 Å². The van der Waals surface area contributed by atoms with Gasteiger partial charge >= 0.3 is 0 Å².